The molecule has 0 aromatic carbocycles. The number of nitrogens with zero attached hydrogens (tertiary/aromatic N) is 1. The minimum absolute atomic E-state index is 0.161. The van der Waals surface area contributed by atoms with Gasteiger partial charge in [-0.2, -0.15) is 0 Å². The van der Waals surface area contributed by atoms with E-state index in [0.717, 1.165) is 0 Å². The van der Waals surface area contributed by atoms with E-state index in [9.17, 15) is 14.7 Å². The van der Waals surface area contributed by atoms with Crippen LogP contribution in [-0.2, 0) is 14.3 Å². The van der Waals surface area contributed by atoms with E-state index in [-0.39, 0.29) is 25.5 Å². The molecule has 0 aromatic heterocycles. The molecule has 0 aromatic rings. The second-order valence-corrected chi connectivity index (χ2v) is 4.71. The predicted octanol–water partition coefficient (Wildman–Crippen LogP) is -1.18. The molecule has 1 aliphatic heterocycles. The largest absolute Gasteiger partial charge is 0.481 e. The topological polar surface area (TPSA) is 99.1 Å². The Labute approximate surface area is 111 Å². The highest BCUT2D eigenvalue weighted by Gasteiger charge is 2.28. The highest BCUT2D eigenvalue weighted by Crippen LogP contribution is 2.15. The van der Waals surface area contributed by atoms with E-state index >= 15 is 0 Å². The number of aliphatic hydroxyl groups excluding tert-OH is 1. The Balaban J connectivity index is 2.58. The first-order valence-electron chi connectivity index (χ1n) is 6.03. The molecule has 0 unspecified atom stereocenters. The molecule has 0 aliphatic carbocycles. The van der Waals surface area contributed by atoms with Crippen molar-refractivity contribution >= 4 is 11.9 Å². The lowest BCUT2D eigenvalue weighted by Gasteiger charge is -2.31. The quantitative estimate of drug-likeness (QED) is 0.527. The van der Waals surface area contributed by atoms with E-state index < -0.39 is 24.2 Å². The molecule has 0 fully saturated rings. The molecule has 0 bridgehead atoms. The molecule has 19 heavy (non-hydrogen) atoms. The maximum absolute atomic E-state index is 11.6. The molecule has 1 aliphatic rings. The Morgan fingerprint density at radius 1 is 1.37 bits per heavy atom. The van der Waals surface area contributed by atoms with Crippen LogP contribution in [0.4, 0.5) is 0 Å². The van der Waals surface area contributed by atoms with Gasteiger partial charge in [-0.05, 0) is 14.1 Å². The molecular weight excluding hydrogens is 252 g/mol. The van der Waals surface area contributed by atoms with Crippen molar-refractivity contribution in [2.75, 3.05) is 27.2 Å². The molecule has 7 nitrogen and oxygen atoms in total. The summed E-state index contributed by atoms with van der Waals surface area (Å²) in [6, 6.07) is -0.442. The number of amides is 1. The molecule has 0 saturated carbocycles. The SMILES string of the molecule is CN(C)CC(=O)N[C@H]1C=C[C@H](CC(=O)O)O[C@@H]1CO. The van der Waals surface area contributed by atoms with Crippen LogP contribution >= 0.6 is 0 Å². The lowest BCUT2D eigenvalue weighted by atomic mass is 10.0. The van der Waals surface area contributed by atoms with Gasteiger partial charge in [-0.3, -0.25) is 9.59 Å². The summed E-state index contributed by atoms with van der Waals surface area (Å²) in [5, 5.41) is 20.6. The standard InChI is InChI=1S/C12H20N2O5/c1-14(2)6-11(16)13-9-4-3-8(5-12(17)18)19-10(9)7-15/h3-4,8-10,15H,5-7H2,1-2H3,(H,13,16)(H,17,18)/t8-,9+,10-/m1/s1. The Hall–Kier alpha value is -1.44. The van der Waals surface area contributed by atoms with Gasteiger partial charge in [-0.25, -0.2) is 0 Å². The molecule has 0 radical (unpaired) electrons. The summed E-state index contributed by atoms with van der Waals surface area (Å²) < 4.78 is 5.42. The number of hydrogen-bond acceptors (Lipinski definition) is 5. The van der Waals surface area contributed by atoms with E-state index in [2.05, 4.69) is 5.32 Å². The second kappa shape index (κ2) is 7.22. The first-order chi connectivity index (χ1) is 8.92. The summed E-state index contributed by atoms with van der Waals surface area (Å²) in [5.74, 6) is -1.15. The van der Waals surface area contributed by atoms with Crippen molar-refractivity contribution in [3.05, 3.63) is 12.2 Å². The summed E-state index contributed by atoms with van der Waals surface area (Å²) >= 11 is 0. The zero-order valence-electron chi connectivity index (χ0n) is 11.1. The Bertz CT molecular complexity index is 356. The van der Waals surface area contributed by atoms with Crippen LogP contribution in [0, 0.1) is 0 Å². The summed E-state index contributed by atoms with van der Waals surface area (Å²) in [6.45, 7) is -0.0472. The van der Waals surface area contributed by atoms with Crippen LogP contribution in [0.25, 0.3) is 0 Å². The van der Waals surface area contributed by atoms with E-state index in [1.165, 1.54) is 0 Å². The van der Waals surface area contributed by atoms with E-state index in [0.29, 0.717) is 0 Å². The molecule has 0 saturated heterocycles. The maximum atomic E-state index is 11.6. The van der Waals surface area contributed by atoms with Gasteiger partial charge in [0.15, 0.2) is 0 Å². The monoisotopic (exact) mass is 272 g/mol. The number of carboxylic acids is 1. The molecule has 1 amide bonds. The van der Waals surface area contributed by atoms with E-state index in [1.54, 1.807) is 31.1 Å². The number of likely N-dealkylation sites (N-methyl/N-ethyl adjacent to an activating group) is 1. The summed E-state index contributed by atoms with van der Waals surface area (Å²) in [7, 11) is 3.55. The predicted molar refractivity (Wildman–Crippen MR) is 67.6 cm³/mol. The summed E-state index contributed by atoms with van der Waals surface area (Å²) in [6.07, 6.45) is 1.91. The number of nitrogens with one attached hydrogen (secondary N) is 1. The first kappa shape index (κ1) is 15.6. The smallest absolute Gasteiger partial charge is 0.306 e. The van der Waals surface area contributed by atoms with Crippen molar-refractivity contribution < 1.29 is 24.5 Å². The number of carbonyl (C=O) groups is 2. The average Bonchev–Trinajstić information content (AvgIpc) is 2.29. The van der Waals surface area contributed by atoms with Gasteiger partial charge in [0.25, 0.3) is 0 Å². The van der Waals surface area contributed by atoms with Crippen LogP contribution in [0.15, 0.2) is 12.2 Å². The summed E-state index contributed by atoms with van der Waals surface area (Å²) in [4.78, 5) is 23.9. The van der Waals surface area contributed by atoms with Crippen LogP contribution in [0.1, 0.15) is 6.42 Å². The van der Waals surface area contributed by atoms with Crippen molar-refractivity contribution in [3.63, 3.8) is 0 Å². The van der Waals surface area contributed by atoms with Crippen molar-refractivity contribution in [1.29, 1.82) is 0 Å². The van der Waals surface area contributed by atoms with Crippen molar-refractivity contribution in [3.8, 4) is 0 Å². The van der Waals surface area contributed by atoms with Crippen LogP contribution in [0.5, 0.6) is 0 Å². The number of ether oxygens (including phenoxy) is 1. The van der Waals surface area contributed by atoms with Gasteiger partial charge >= 0.3 is 5.97 Å². The molecule has 3 N–H and O–H groups in total. The normalized spacial score (nSPS) is 26.4. The zero-order chi connectivity index (χ0) is 14.4. The van der Waals surface area contributed by atoms with Crippen LogP contribution in [-0.4, -0.2) is 72.5 Å². The van der Waals surface area contributed by atoms with Gasteiger partial charge in [-0.15, -0.1) is 0 Å². The van der Waals surface area contributed by atoms with Crippen LogP contribution in [0.3, 0.4) is 0 Å². The molecule has 0 spiro atoms. The number of aliphatic carboxylic acids is 1. The fourth-order valence-corrected chi connectivity index (χ4v) is 1.83. The number of carbonyl (C=O) groups excluding carboxylic acids is 1. The number of aliphatic hydroxyl groups is 1. The fraction of sp³-hybridized carbons (Fsp3) is 0.667. The van der Waals surface area contributed by atoms with Crippen molar-refractivity contribution in [2.45, 2.75) is 24.7 Å². The van der Waals surface area contributed by atoms with Gasteiger partial charge in [0, 0.05) is 0 Å². The zero-order valence-corrected chi connectivity index (χ0v) is 11.1. The lowest BCUT2D eigenvalue weighted by molar-refractivity contribution is -0.142. The van der Waals surface area contributed by atoms with Gasteiger partial charge in [0.05, 0.1) is 31.7 Å². The minimum Gasteiger partial charge on any atom is -0.481 e. The molecule has 7 heteroatoms. The molecule has 1 heterocycles. The molecule has 108 valence electrons. The first-order valence-corrected chi connectivity index (χ1v) is 6.03. The fourth-order valence-electron chi connectivity index (χ4n) is 1.83. The minimum atomic E-state index is -0.971. The van der Waals surface area contributed by atoms with E-state index in [4.69, 9.17) is 9.84 Å². The third-order valence-electron chi connectivity index (χ3n) is 2.63. The number of carboxylic acid groups (broad SMARTS) is 1. The molecule has 3 atom stereocenters. The Morgan fingerprint density at radius 2 is 2.05 bits per heavy atom. The van der Waals surface area contributed by atoms with E-state index in [1.807, 2.05) is 0 Å². The second-order valence-electron chi connectivity index (χ2n) is 4.71. The third kappa shape index (κ3) is 5.37. The van der Waals surface area contributed by atoms with Crippen LogP contribution < -0.4 is 5.32 Å². The highest BCUT2D eigenvalue weighted by atomic mass is 16.5. The van der Waals surface area contributed by atoms with Gasteiger partial charge in [-0.1, -0.05) is 12.2 Å². The van der Waals surface area contributed by atoms with Crippen LogP contribution in [0.2, 0.25) is 0 Å². The van der Waals surface area contributed by atoms with Gasteiger partial charge in [0.1, 0.15) is 6.10 Å². The number of rotatable bonds is 6. The number of hydrogen-bond donors (Lipinski definition) is 3. The average molecular weight is 272 g/mol. The molecular formula is C12H20N2O5. The van der Waals surface area contributed by atoms with Crippen molar-refractivity contribution in [2.24, 2.45) is 0 Å². The van der Waals surface area contributed by atoms with Gasteiger partial charge < -0.3 is 25.2 Å². The Morgan fingerprint density at radius 3 is 2.58 bits per heavy atom. The Kier molecular flexibility index (Phi) is 5.94. The van der Waals surface area contributed by atoms with Gasteiger partial charge in [0.2, 0.25) is 5.91 Å². The van der Waals surface area contributed by atoms with Crippen molar-refractivity contribution in [1.82, 2.24) is 10.2 Å². The lowest BCUT2D eigenvalue weighted by Crippen LogP contribution is -2.50. The highest BCUT2D eigenvalue weighted by molar-refractivity contribution is 5.78. The summed E-state index contributed by atoms with van der Waals surface area (Å²) in [5.41, 5.74) is 0. The maximum Gasteiger partial charge on any atom is 0.306 e. The molecule has 1 rings (SSSR count). The third-order valence-corrected chi connectivity index (χ3v) is 2.63.